The molecule has 0 atom stereocenters. The summed E-state index contributed by atoms with van der Waals surface area (Å²) in [4.78, 5) is 0. The van der Waals surface area contributed by atoms with Gasteiger partial charge in [0.2, 0.25) is 34.9 Å². The molecule has 0 radical (unpaired) electrons. The van der Waals surface area contributed by atoms with Gasteiger partial charge in [0.1, 0.15) is 23.2 Å². The van der Waals surface area contributed by atoms with Crippen LogP contribution in [-0.4, -0.2) is 7.12 Å². The molecule has 6 aromatic carbocycles. The molecular formula is C33H9BF14O2. The topological polar surface area (TPSA) is 18.5 Å². The molecule has 0 unspecified atom stereocenters. The zero-order valence-corrected chi connectivity index (χ0v) is 23.9. The summed E-state index contributed by atoms with van der Waals surface area (Å²) in [5.41, 5.74) is -4.11. The van der Waals surface area contributed by atoms with Gasteiger partial charge in [-0.1, -0.05) is 24.3 Å². The standard InChI is InChI=1S/C33H9BF14O2/c35-13-5-1-3-9-8-12-17(15(9)13)21(38)25(42)29(46)32(12)49-34(50-33-30(47)27(44)26(43)28(45)31(33)48)19-11-7-10-4-2-6-14(36)16(10)20(37)18(11)22(39)24(41)23(19)40/h1-7H,8H2. The van der Waals surface area contributed by atoms with Crippen LogP contribution in [0.5, 0.6) is 11.5 Å². The summed E-state index contributed by atoms with van der Waals surface area (Å²) in [5.74, 6) is -35.6. The summed E-state index contributed by atoms with van der Waals surface area (Å²) in [6.45, 7) is 0. The number of hydrogen-bond donors (Lipinski definition) is 0. The van der Waals surface area contributed by atoms with E-state index in [1.807, 2.05) is 0 Å². The van der Waals surface area contributed by atoms with Gasteiger partial charge in [0, 0.05) is 23.1 Å². The highest BCUT2D eigenvalue weighted by molar-refractivity contribution is 6.66. The van der Waals surface area contributed by atoms with Crippen molar-refractivity contribution in [2.45, 2.75) is 6.42 Å². The van der Waals surface area contributed by atoms with Crippen molar-refractivity contribution in [1.29, 1.82) is 0 Å². The number of rotatable bonds is 5. The Kier molecular flexibility index (Phi) is 7.64. The molecule has 0 saturated heterocycles. The average Bonchev–Trinajstić information content (AvgIpc) is 3.48. The van der Waals surface area contributed by atoms with Crippen molar-refractivity contribution >= 4 is 34.1 Å². The maximum atomic E-state index is 15.8. The molecule has 0 bridgehead atoms. The molecule has 0 saturated carbocycles. The molecule has 50 heavy (non-hydrogen) atoms. The zero-order chi connectivity index (χ0) is 36.1. The van der Waals surface area contributed by atoms with E-state index < -0.39 is 150 Å². The number of benzene rings is 6. The first-order valence-corrected chi connectivity index (χ1v) is 13.8. The highest BCUT2D eigenvalue weighted by Crippen LogP contribution is 2.47. The Morgan fingerprint density at radius 3 is 1.68 bits per heavy atom. The second-order valence-corrected chi connectivity index (χ2v) is 10.8. The van der Waals surface area contributed by atoms with Crippen molar-refractivity contribution in [3.05, 3.63) is 135 Å². The minimum atomic E-state index is -3.27. The van der Waals surface area contributed by atoms with Crippen molar-refractivity contribution in [2.24, 2.45) is 0 Å². The van der Waals surface area contributed by atoms with E-state index in [-0.39, 0.29) is 5.56 Å². The van der Waals surface area contributed by atoms with Gasteiger partial charge in [0.15, 0.2) is 34.8 Å². The van der Waals surface area contributed by atoms with Gasteiger partial charge in [-0.2, -0.15) is 13.2 Å². The van der Waals surface area contributed by atoms with Crippen molar-refractivity contribution in [1.82, 2.24) is 0 Å². The van der Waals surface area contributed by atoms with Gasteiger partial charge in [0.25, 0.3) is 0 Å². The summed E-state index contributed by atoms with van der Waals surface area (Å²) in [6.07, 6.45) is -0.680. The molecule has 6 aromatic rings. The quantitative estimate of drug-likeness (QED) is 0.0582. The molecule has 0 aromatic heterocycles. The lowest BCUT2D eigenvalue weighted by molar-refractivity contribution is 0.329. The van der Waals surface area contributed by atoms with Gasteiger partial charge >= 0.3 is 7.12 Å². The van der Waals surface area contributed by atoms with Crippen LogP contribution in [0, 0.1) is 81.4 Å². The predicted octanol–water partition coefficient (Wildman–Crippen LogP) is 9.36. The van der Waals surface area contributed by atoms with Gasteiger partial charge in [-0.25, -0.2) is 48.3 Å². The van der Waals surface area contributed by atoms with Crippen LogP contribution in [0.4, 0.5) is 61.5 Å². The van der Waals surface area contributed by atoms with Crippen LogP contribution in [0.1, 0.15) is 11.1 Å². The summed E-state index contributed by atoms with van der Waals surface area (Å²) in [5, 5.41) is -4.21. The number of halogens is 14. The lowest BCUT2D eigenvalue weighted by Crippen LogP contribution is -2.46. The zero-order valence-electron chi connectivity index (χ0n) is 23.9. The van der Waals surface area contributed by atoms with Crippen LogP contribution in [0.2, 0.25) is 0 Å². The molecule has 1 aliphatic carbocycles. The van der Waals surface area contributed by atoms with Gasteiger partial charge in [-0.05, 0) is 34.5 Å². The van der Waals surface area contributed by atoms with E-state index in [9.17, 15) is 30.7 Å². The second kappa shape index (κ2) is 11.6. The van der Waals surface area contributed by atoms with Crippen LogP contribution in [0.15, 0.2) is 42.5 Å². The van der Waals surface area contributed by atoms with E-state index in [1.165, 1.54) is 6.07 Å². The minimum Gasteiger partial charge on any atom is -0.519 e. The van der Waals surface area contributed by atoms with E-state index in [4.69, 9.17) is 9.31 Å². The van der Waals surface area contributed by atoms with Crippen LogP contribution in [0.3, 0.4) is 0 Å². The van der Waals surface area contributed by atoms with E-state index in [0.717, 1.165) is 24.3 Å². The van der Waals surface area contributed by atoms with Crippen LogP contribution in [0.25, 0.3) is 32.7 Å². The summed E-state index contributed by atoms with van der Waals surface area (Å²) < 4.78 is 219. The summed E-state index contributed by atoms with van der Waals surface area (Å²) in [7, 11) is -3.27. The molecule has 17 heteroatoms. The third kappa shape index (κ3) is 4.58. The van der Waals surface area contributed by atoms with Crippen molar-refractivity contribution < 1.29 is 70.8 Å². The van der Waals surface area contributed by atoms with Crippen LogP contribution < -0.4 is 14.8 Å². The molecular weight excluding hydrogens is 705 g/mol. The van der Waals surface area contributed by atoms with Crippen molar-refractivity contribution in [2.75, 3.05) is 0 Å². The maximum Gasteiger partial charge on any atom is 0.636 e. The molecule has 0 spiro atoms. The van der Waals surface area contributed by atoms with Crippen molar-refractivity contribution in [3.8, 4) is 22.6 Å². The van der Waals surface area contributed by atoms with Crippen LogP contribution in [-0.2, 0) is 6.42 Å². The highest BCUT2D eigenvalue weighted by atomic mass is 19.2. The Hall–Kier alpha value is -5.48. The van der Waals surface area contributed by atoms with Gasteiger partial charge in [0.05, 0.1) is 16.2 Å². The Morgan fingerprint density at radius 1 is 0.460 bits per heavy atom. The maximum absolute atomic E-state index is 15.8. The van der Waals surface area contributed by atoms with E-state index in [0.29, 0.717) is 12.1 Å². The Balaban J connectivity index is 1.56. The summed E-state index contributed by atoms with van der Waals surface area (Å²) in [6, 6.07) is 6.41. The smallest absolute Gasteiger partial charge is 0.519 e. The number of hydrogen-bond acceptors (Lipinski definition) is 2. The largest absolute Gasteiger partial charge is 0.636 e. The molecule has 0 N–H and O–H groups in total. The normalized spacial score (nSPS) is 12.1. The molecule has 0 heterocycles. The minimum absolute atomic E-state index is 0.106. The first kappa shape index (κ1) is 33.0. The monoisotopic (exact) mass is 714 g/mol. The third-order valence-corrected chi connectivity index (χ3v) is 8.14. The average molecular weight is 714 g/mol. The molecule has 7 rings (SSSR count). The van der Waals surface area contributed by atoms with Crippen LogP contribution >= 0.6 is 0 Å². The molecule has 0 aliphatic heterocycles. The Labute approximate surface area is 269 Å². The molecule has 2 nitrogen and oxygen atoms in total. The van der Waals surface area contributed by atoms with E-state index in [2.05, 4.69) is 0 Å². The molecule has 0 fully saturated rings. The van der Waals surface area contributed by atoms with Crippen molar-refractivity contribution in [3.63, 3.8) is 0 Å². The predicted molar refractivity (Wildman–Crippen MR) is 149 cm³/mol. The van der Waals surface area contributed by atoms with E-state index in [1.54, 1.807) is 0 Å². The lowest BCUT2D eigenvalue weighted by Gasteiger charge is -2.23. The van der Waals surface area contributed by atoms with Gasteiger partial charge in [-0.3, -0.25) is 0 Å². The summed E-state index contributed by atoms with van der Waals surface area (Å²) >= 11 is 0. The SMILES string of the molecule is Fc1cccc2c1-c1c(F)c(F)c(F)c(OB(Oc3c(F)c(F)c(F)c(F)c3F)c3c(F)c(F)c(F)c4c(F)c5c(F)cccc5cc34)c1C2. The fraction of sp³-hybridized carbons (Fsp3) is 0.0303. The highest BCUT2D eigenvalue weighted by Gasteiger charge is 2.43. The molecule has 1 aliphatic rings. The van der Waals surface area contributed by atoms with E-state index >= 15 is 30.7 Å². The Bertz CT molecular complexity index is 2460. The van der Waals surface area contributed by atoms with Gasteiger partial charge < -0.3 is 9.31 Å². The first-order valence-electron chi connectivity index (χ1n) is 13.8. The van der Waals surface area contributed by atoms with Gasteiger partial charge in [-0.15, -0.1) is 0 Å². The number of fused-ring (bicyclic) bond motifs is 5. The first-order chi connectivity index (χ1) is 23.6. The molecule has 254 valence electrons. The third-order valence-electron chi connectivity index (χ3n) is 8.14. The fourth-order valence-electron chi connectivity index (χ4n) is 5.93. The fourth-order valence-corrected chi connectivity index (χ4v) is 5.93. The second-order valence-electron chi connectivity index (χ2n) is 10.8. The Morgan fingerprint density at radius 2 is 1.00 bits per heavy atom. The lowest BCUT2D eigenvalue weighted by atomic mass is 9.74. The molecule has 0 amide bonds.